The van der Waals surface area contributed by atoms with Gasteiger partial charge in [0.1, 0.15) is 10.1 Å². The number of carbonyl (C=O) groups excluding carboxylic acids is 1. The van der Waals surface area contributed by atoms with Crippen LogP contribution in [0.25, 0.3) is 6.08 Å². The van der Waals surface area contributed by atoms with Gasteiger partial charge in [-0.05, 0) is 47.7 Å². The zero-order valence-electron chi connectivity index (χ0n) is 9.81. The van der Waals surface area contributed by atoms with Crippen LogP contribution in [0, 0.1) is 3.57 Å². The predicted molar refractivity (Wildman–Crippen MR) is 94.1 cm³/mol. The fraction of sp³-hybridized carbons (Fsp3) is 0.167. The molecule has 1 aliphatic rings. The van der Waals surface area contributed by atoms with Crippen molar-refractivity contribution in [1.82, 2.24) is 4.90 Å². The van der Waals surface area contributed by atoms with Crippen LogP contribution >= 0.6 is 62.5 Å². The summed E-state index contributed by atoms with van der Waals surface area (Å²) in [5, 5.41) is 10.0. The molecule has 1 aliphatic heterocycles. The number of carbonyl (C=O) groups is 1. The van der Waals surface area contributed by atoms with Crippen molar-refractivity contribution in [2.75, 3.05) is 6.54 Å². The van der Waals surface area contributed by atoms with Gasteiger partial charge < -0.3 is 5.11 Å². The lowest BCUT2D eigenvalue weighted by Crippen LogP contribution is -2.27. The lowest BCUT2D eigenvalue weighted by Gasteiger charge is -2.09. The second-order valence-corrected chi connectivity index (χ2v) is 7.51. The zero-order valence-corrected chi connectivity index (χ0v) is 15.2. The Labute approximate surface area is 142 Å². The quantitative estimate of drug-likeness (QED) is 0.404. The van der Waals surface area contributed by atoms with Crippen molar-refractivity contribution in [2.24, 2.45) is 0 Å². The van der Waals surface area contributed by atoms with E-state index in [4.69, 9.17) is 12.2 Å². The van der Waals surface area contributed by atoms with Crippen molar-refractivity contribution in [3.8, 4) is 5.75 Å². The molecule has 19 heavy (non-hydrogen) atoms. The van der Waals surface area contributed by atoms with Crippen LogP contribution in [0.2, 0.25) is 0 Å². The van der Waals surface area contributed by atoms with Crippen LogP contribution in [0.3, 0.4) is 0 Å². The Hall–Kier alpha value is -0.120. The van der Waals surface area contributed by atoms with Crippen molar-refractivity contribution in [3.63, 3.8) is 0 Å². The summed E-state index contributed by atoms with van der Waals surface area (Å²) < 4.78 is 2.14. The monoisotopic (exact) mass is 469 g/mol. The number of hydrogen-bond acceptors (Lipinski definition) is 4. The molecule has 2 rings (SSSR count). The van der Waals surface area contributed by atoms with Gasteiger partial charge in [-0.15, -0.1) is 0 Å². The molecule has 1 saturated heterocycles. The van der Waals surface area contributed by atoms with E-state index < -0.39 is 0 Å². The summed E-state index contributed by atoms with van der Waals surface area (Å²) >= 11 is 11.8. The Balaban J connectivity index is 2.43. The van der Waals surface area contributed by atoms with Crippen LogP contribution in [0.5, 0.6) is 5.75 Å². The Bertz CT molecular complexity index is 604. The Morgan fingerprint density at radius 1 is 1.58 bits per heavy atom. The first kappa shape index (κ1) is 15.3. The summed E-state index contributed by atoms with van der Waals surface area (Å²) in [5.41, 5.74) is 0.607. The van der Waals surface area contributed by atoms with Crippen LogP contribution in [-0.4, -0.2) is 26.8 Å². The number of halogens is 2. The third kappa shape index (κ3) is 3.14. The van der Waals surface area contributed by atoms with E-state index in [1.54, 1.807) is 17.0 Å². The number of hydrogen-bond donors (Lipinski definition) is 1. The van der Waals surface area contributed by atoms with Crippen molar-refractivity contribution in [1.29, 1.82) is 0 Å². The lowest BCUT2D eigenvalue weighted by atomic mass is 10.2. The standard InChI is InChI=1S/C12H9BrINO2S2/c1-2-15-11(17)9(19-12(15)18)4-6-3-7(13)5-8(14)10(6)16/h3-5,16H,2H2,1H3/b9-4-. The normalized spacial score (nSPS) is 17.6. The lowest BCUT2D eigenvalue weighted by molar-refractivity contribution is -0.121. The average molecular weight is 470 g/mol. The van der Waals surface area contributed by atoms with Crippen LogP contribution in [0.4, 0.5) is 0 Å². The molecule has 1 heterocycles. The van der Waals surface area contributed by atoms with Gasteiger partial charge in [0.05, 0.1) is 8.48 Å². The van der Waals surface area contributed by atoms with Gasteiger partial charge in [-0.2, -0.15) is 0 Å². The van der Waals surface area contributed by atoms with Crippen molar-refractivity contribution in [2.45, 2.75) is 6.92 Å². The second kappa shape index (κ2) is 6.11. The predicted octanol–water partition coefficient (Wildman–Crippen LogP) is 3.98. The third-order valence-electron chi connectivity index (χ3n) is 2.53. The first-order valence-electron chi connectivity index (χ1n) is 5.37. The van der Waals surface area contributed by atoms with E-state index in [-0.39, 0.29) is 11.7 Å². The van der Waals surface area contributed by atoms with E-state index in [1.165, 1.54) is 11.8 Å². The molecule has 7 heteroatoms. The number of thiocarbonyl (C=S) groups is 1. The van der Waals surface area contributed by atoms with Crippen LogP contribution < -0.4 is 0 Å². The molecule has 0 unspecified atom stereocenters. The van der Waals surface area contributed by atoms with Crippen molar-refractivity contribution in [3.05, 3.63) is 30.6 Å². The summed E-state index contributed by atoms with van der Waals surface area (Å²) in [5.74, 6) is 0.0671. The Morgan fingerprint density at radius 3 is 2.84 bits per heavy atom. The molecule has 1 amide bonds. The van der Waals surface area contributed by atoms with Crippen LogP contribution in [-0.2, 0) is 4.79 Å². The van der Waals surface area contributed by atoms with Crippen molar-refractivity contribution < 1.29 is 9.90 Å². The van der Waals surface area contributed by atoms with Crippen LogP contribution in [0.1, 0.15) is 12.5 Å². The highest BCUT2D eigenvalue weighted by molar-refractivity contribution is 14.1. The van der Waals surface area contributed by atoms with E-state index in [2.05, 4.69) is 15.9 Å². The van der Waals surface area contributed by atoms with Gasteiger partial charge in [0, 0.05) is 16.6 Å². The van der Waals surface area contributed by atoms with Crippen molar-refractivity contribution >= 4 is 78.8 Å². The maximum atomic E-state index is 12.1. The molecular weight excluding hydrogens is 461 g/mol. The van der Waals surface area contributed by atoms with Gasteiger partial charge >= 0.3 is 0 Å². The molecule has 0 aromatic heterocycles. The number of nitrogens with zero attached hydrogens (tertiary/aromatic N) is 1. The smallest absolute Gasteiger partial charge is 0.266 e. The molecule has 1 aromatic carbocycles. The zero-order chi connectivity index (χ0) is 14.2. The largest absolute Gasteiger partial charge is 0.506 e. The maximum absolute atomic E-state index is 12.1. The molecule has 0 atom stereocenters. The van der Waals surface area contributed by atoms with Gasteiger partial charge in [-0.3, -0.25) is 9.69 Å². The summed E-state index contributed by atoms with van der Waals surface area (Å²) in [6, 6.07) is 3.58. The molecule has 0 aliphatic carbocycles. The number of rotatable bonds is 2. The highest BCUT2D eigenvalue weighted by Crippen LogP contribution is 2.36. The van der Waals surface area contributed by atoms with Gasteiger partial charge in [-0.25, -0.2) is 0 Å². The summed E-state index contributed by atoms with van der Waals surface area (Å²) in [7, 11) is 0. The molecule has 1 aromatic rings. The highest BCUT2D eigenvalue weighted by atomic mass is 127. The molecular formula is C12H9BrINO2S2. The van der Waals surface area contributed by atoms with Gasteiger partial charge in [0.15, 0.2) is 0 Å². The average Bonchev–Trinajstić information content (AvgIpc) is 2.60. The van der Waals surface area contributed by atoms with E-state index in [0.717, 1.165) is 8.04 Å². The van der Waals surface area contributed by atoms with Gasteiger partial charge in [-0.1, -0.05) is 39.9 Å². The summed E-state index contributed by atoms with van der Waals surface area (Å²) in [6.07, 6.45) is 1.68. The fourth-order valence-corrected chi connectivity index (χ4v) is 4.54. The fourth-order valence-electron chi connectivity index (χ4n) is 1.61. The minimum Gasteiger partial charge on any atom is -0.506 e. The maximum Gasteiger partial charge on any atom is 0.266 e. The minimum absolute atomic E-state index is 0.105. The first-order valence-corrected chi connectivity index (χ1v) is 8.47. The topological polar surface area (TPSA) is 40.5 Å². The second-order valence-electron chi connectivity index (χ2n) is 3.75. The summed E-state index contributed by atoms with van der Waals surface area (Å²) in [6.45, 7) is 2.44. The highest BCUT2D eigenvalue weighted by Gasteiger charge is 2.30. The van der Waals surface area contributed by atoms with Crippen LogP contribution in [0.15, 0.2) is 21.5 Å². The number of benzene rings is 1. The molecule has 0 spiro atoms. The van der Waals surface area contributed by atoms with E-state index in [9.17, 15) is 9.90 Å². The van der Waals surface area contributed by atoms with E-state index >= 15 is 0 Å². The third-order valence-corrected chi connectivity index (χ3v) is 5.19. The number of phenols is 1. The number of amides is 1. The molecule has 1 fully saturated rings. The molecule has 100 valence electrons. The first-order chi connectivity index (χ1) is 8.93. The Kier molecular flexibility index (Phi) is 4.91. The SMILES string of the molecule is CCN1C(=O)/C(=C/c2cc(Br)cc(I)c2O)SC1=S. The van der Waals surface area contributed by atoms with E-state index in [0.29, 0.717) is 21.3 Å². The van der Waals surface area contributed by atoms with Gasteiger partial charge in [0.25, 0.3) is 5.91 Å². The number of likely N-dealkylation sites (N-methyl/N-ethyl adjacent to an activating group) is 1. The number of phenolic OH excluding ortho intramolecular Hbond substituents is 1. The number of aromatic hydroxyl groups is 1. The Morgan fingerprint density at radius 2 is 2.26 bits per heavy atom. The van der Waals surface area contributed by atoms with E-state index in [1.807, 2.05) is 35.6 Å². The molecule has 0 saturated carbocycles. The minimum atomic E-state index is -0.105. The van der Waals surface area contributed by atoms with Gasteiger partial charge in [0.2, 0.25) is 0 Å². The summed E-state index contributed by atoms with van der Waals surface area (Å²) in [4.78, 5) is 14.2. The molecule has 0 bridgehead atoms. The molecule has 0 radical (unpaired) electrons. The number of thioether (sulfide) groups is 1. The molecule has 3 nitrogen and oxygen atoms in total. The molecule has 1 N–H and O–H groups in total.